The van der Waals surface area contributed by atoms with Crippen LogP contribution in [0.4, 0.5) is 11.4 Å². The number of nitrogens with one attached hydrogen (secondary N) is 1. The van der Waals surface area contributed by atoms with E-state index in [1.54, 1.807) is 0 Å². The highest BCUT2D eigenvalue weighted by Gasteiger charge is 2.20. The Hall–Kier alpha value is -3.23. The summed E-state index contributed by atoms with van der Waals surface area (Å²) in [4.78, 5) is 23.5. The predicted molar refractivity (Wildman–Crippen MR) is 156 cm³/mol. The van der Waals surface area contributed by atoms with Gasteiger partial charge in [0, 0.05) is 7.05 Å². The van der Waals surface area contributed by atoms with E-state index < -0.39 is 54.5 Å². The number of nitrogens with zero attached hydrogens (tertiary/aromatic N) is 5. The maximum Gasteiger partial charge on any atom is 0.397 e. The van der Waals surface area contributed by atoms with Crippen LogP contribution in [-0.4, -0.2) is 82.2 Å². The third-order valence-electron chi connectivity index (χ3n) is 5.64. The molecule has 0 fully saturated rings. The van der Waals surface area contributed by atoms with E-state index in [-0.39, 0.29) is 44.0 Å². The molecule has 2 aromatic carbocycles. The molecule has 23 heteroatoms. The first-order valence-corrected chi connectivity index (χ1v) is 17.3. The number of H-pyrrole nitrogens is 1. The normalized spacial score (nSPS) is 13.0. The summed E-state index contributed by atoms with van der Waals surface area (Å²) in [6.07, 6.45) is 0. The Bertz CT molecular complexity index is 1770. The number of hydrogen-bond acceptors (Lipinski definition) is 16. The summed E-state index contributed by atoms with van der Waals surface area (Å²) >= 11 is 0.412. The summed E-state index contributed by atoms with van der Waals surface area (Å²) in [6, 6.07) is 9.05. The van der Waals surface area contributed by atoms with Gasteiger partial charge >= 0.3 is 10.4 Å². The van der Waals surface area contributed by atoms with Crippen LogP contribution in [0, 0.1) is 11.8 Å². The summed E-state index contributed by atoms with van der Waals surface area (Å²) in [7, 11) is -10.8. The molecule has 0 saturated heterocycles. The first-order valence-electron chi connectivity index (χ1n) is 11.9. The van der Waals surface area contributed by atoms with E-state index in [0.717, 1.165) is 9.69 Å². The fraction of sp³-hybridized carbons (Fsp3) is 0.286. The molecule has 0 aliphatic heterocycles. The maximum absolute atomic E-state index is 13.1. The Morgan fingerprint density at radius 3 is 2.27 bits per heavy atom. The molecule has 0 aliphatic carbocycles. The number of aryl methyl sites for hydroxylation is 1. The van der Waals surface area contributed by atoms with Crippen molar-refractivity contribution < 1.29 is 49.3 Å². The molecule has 1 aromatic heterocycles. The van der Waals surface area contributed by atoms with E-state index in [2.05, 4.69) is 34.2 Å². The highest BCUT2D eigenvalue weighted by molar-refractivity contribution is 8.24. The molecule has 0 radical (unpaired) electrons. The van der Waals surface area contributed by atoms with Crippen LogP contribution in [0.15, 0.2) is 77.5 Å². The molecule has 0 unspecified atom stereocenters. The van der Waals surface area contributed by atoms with Crippen molar-refractivity contribution >= 4 is 54.2 Å². The van der Waals surface area contributed by atoms with Crippen LogP contribution < -0.4 is 5.56 Å². The second-order valence-corrected chi connectivity index (χ2v) is 14.8. The minimum Gasteiger partial charge on any atom is -0.295 e. The largest absolute Gasteiger partial charge is 0.397 e. The van der Waals surface area contributed by atoms with E-state index >= 15 is 0 Å². The number of aromatic amines is 1. The number of hydrogen-bond donors (Lipinski definition) is 5. The van der Waals surface area contributed by atoms with Crippen molar-refractivity contribution in [2.45, 2.75) is 21.6 Å². The molecule has 242 valence electrons. The molecule has 0 atom stereocenters. The Morgan fingerprint density at radius 1 is 1.00 bits per heavy atom. The van der Waals surface area contributed by atoms with Gasteiger partial charge in [0.25, 0.3) is 5.56 Å². The fourth-order valence-corrected chi connectivity index (χ4v) is 6.81. The molecule has 0 bridgehead atoms. The summed E-state index contributed by atoms with van der Waals surface area (Å²) < 4.78 is 85.6. The quantitative estimate of drug-likeness (QED) is 0.0357. The molecule has 0 saturated carbocycles. The molecule has 5 N–H and O–H groups in total. The van der Waals surface area contributed by atoms with Gasteiger partial charge in [-0.3, -0.25) is 28.6 Å². The number of benzene rings is 2. The zero-order chi connectivity index (χ0) is 32.7. The summed E-state index contributed by atoms with van der Waals surface area (Å²) in [5.41, 5.74) is -0.189. The summed E-state index contributed by atoms with van der Waals surface area (Å²) in [5.74, 6) is -0.947. The van der Waals surface area contributed by atoms with Gasteiger partial charge in [-0.05, 0) is 49.4 Å². The van der Waals surface area contributed by atoms with Crippen LogP contribution in [0.5, 0.6) is 0 Å². The molecule has 3 aromatic rings. The van der Waals surface area contributed by atoms with Gasteiger partial charge in [0.2, 0.25) is 0 Å². The number of azo groups is 1. The van der Waals surface area contributed by atoms with Gasteiger partial charge in [-0.1, -0.05) is 5.04 Å². The first-order chi connectivity index (χ1) is 20.6. The molecule has 0 spiro atoms. The van der Waals surface area contributed by atoms with Gasteiger partial charge in [0.05, 0.1) is 68.1 Å². The lowest BCUT2D eigenvalue weighted by Crippen LogP contribution is -2.21. The van der Waals surface area contributed by atoms with Gasteiger partial charge < -0.3 is 0 Å². The van der Waals surface area contributed by atoms with Gasteiger partial charge in [-0.25, -0.2) is 22.5 Å². The topological polar surface area (TPSA) is 272 Å². The number of aromatic nitrogens is 2. The first kappa shape index (κ1) is 35.3. The van der Waals surface area contributed by atoms with Crippen LogP contribution in [-0.2, 0) is 33.8 Å². The Morgan fingerprint density at radius 2 is 1.66 bits per heavy atom. The Balaban J connectivity index is 1.86. The molecule has 0 amide bonds. The lowest BCUT2D eigenvalue weighted by Gasteiger charge is -2.32. The van der Waals surface area contributed by atoms with Crippen LogP contribution in [0.3, 0.4) is 0 Å². The molecule has 3 rings (SSSR count). The molecule has 44 heavy (non-hydrogen) atoms. The van der Waals surface area contributed by atoms with E-state index in [9.17, 15) is 35.6 Å². The summed E-state index contributed by atoms with van der Waals surface area (Å²) in [5, 5.41) is 26.5. The van der Waals surface area contributed by atoms with E-state index in [1.165, 1.54) is 56.4 Å². The number of nitroso groups, excluding NO2 is 1. The van der Waals surface area contributed by atoms with Crippen molar-refractivity contribution in [1.29, 1.82) is 0 Å². The monoisotopic (exact) mass is 698 g/mol. The van der Waals surface area contributed by atoms with Crippen molar-refractivity contribution in [3.63, 3.8) is 0 Å². The second kappa shape index (κ2) is 14.7. The standard InChI is InChI=1S/C21H26N6O13S4/c1-14-20(21(28)27(24-14)15-3-5-16(6-4-15)43(33,34)12-10-38-44(35,36)37)23-22-18-8-7-17(13-19(18)41-40-39-30)42(31,32)11-9-26(2)25-29/h3-8,13,24,30,33-34H,9-12H2,1-2H3,(H,35,36,37). The second-order valence-electron chi connectivity index (χ2n) is 8.68. The van der Waals surface area contributed by atoms with Crippen LogP contribution in [0.2, 0.25) is 0 Å². The van der Waals surface area contributed by atoms with E-state index in [1.807, 2.05) is 0 Å². The zero-order valence-electron chi connectivity index (χ0n) is 22.7. The Labute approximate surface area is 255 Å². The van der Waals surface area contributed by atoms with Gasteiger partial charge in [-0.15, -0.1) is 19.5 Å². The third kappa shape index (κ3) is 9.38. The van der Waals surface area contributed by atoms with Gasteiger partial charge in [0.15, 0.2) is 15.5 Å². The third-order valence-corrected chi connectivity index (χ3v) is 10.2. The molecule has 0 aliphatic rings. The van der Waals surface area contributed by atoms with Crippen molar-refractivity contribution in [2.24, 2.45) is 15.5 Å². The molecule has 1 heterocycles. The highest BCUT2D eigenvalue weighted by Crippen LogP contribution is 2.47. The lowest BCUT2D eigenvalue weighted by atomic mass is 10.3. The van der Waals surface area contributed by atoms with Crippen molar-refractivity contribution in [2.75, 3.05) is 31.7 Å². The van der Waals surface area contributed by atoms with Crippen molar-refractivity contribution in [3.05, 3.63) is 63.4 Å². The molecular weight excluding hydrogens is 673 g/mol. The van der Waals surface area contributed by atoms with Crippen LogP contribution in [0.1, 0.15) is 5.69 Å². The zero-order valence-corrected chi connectivity index (χ0v) is 26.0. The predicted octanol–water partition coefficient (Wildman–Crippen LogP) is 3.63. The van der Waals surface area contributed by atoms with E-state index in [0.29, 0.717) is 12.0 Å². The van der Waals surface area contributed by atoms with Gasteiger partial charge in [-0.2, -0.15) is 19.0 Å². The average molecular weight is 699 g/mol. The minimum absolute atomic E-state index is 0.0217. The molecule has 19 nitrogen and oxygen atoms in total. The minimum atomic E-state index is -4.75. The SMILES string of the molecule is Cc1[nH]n(-c2ccc(S(O)(O)CCOS(=O)(=O)O)cc2)c(=O)c1N=Nc1ccc(S(=O)(=O)CCN(C)N=O)cc1SOOO. The summed E-state index contributed by atoms with van der Waals surface area (Å²) in [6.45, 7) is 0.689. The van der Waals surface area contributed by atoms with Crippen LogP contribution >= 0.6 is 22.6 Å². The average Bonchev–Trinajstić information content (AvgIpc) is 3.25. The van der Waals surface area contributed by atoms with Crippen molar-refractivity contribution in [3.8, 4) is 5.69 Å². The number of sulfone groups is 1. The van der Waals surface area contributed by atoms with Crippen molar-refractivity contribution in [1.82, 2.24) is 14.8 Å². The lowest BCUT2D eigenvalue weighted by molar-refractivity contribution is -0.432. The Kier molecular flexibility index (Phi) is 11.8. The maximum atomic E-state index is 13.1. The van der Waals surface area contributed by atoms with Crippen LogP contribution in [0.25, 0.3) is 5.69 Å². The van der Waals surface area contributed by atoms with Gasteiger partial charge in [0.1, 0.15) is 5.69 Å². The smallest absolute Gasteiger partial charge is 0.295 e. The fourth-order valence-electron chi connectivity index (χ4n) is 3.43. The number of rotatable bonds is 16. The highest BCUT2D eigenvalue weighted by atomic mass is 32.3. The van der Waals surface area contributed by atoms with E-state index in [4.69, 9.17) is 9.81 Å². The molecular formula is C21H26N6O13S4.